The minimum Gasteiger partial charge on any atom is -0.305 e. The minimum atomic E-state index is -0.276. The molecule has 2 aromatic rings. The van der Waals surface area contributed by atoms with Crippen LogP contribution in [0.1, 0.15) is 13.3 Å². The summed E-state index contributed by atoms with van der Waals surface area (Å²) >= 11 is 1.49. The predicted molar refractivity (Wildman–Crippen MR) is 72.4 cm³/mol. The summed E-state index contributed by atoms with van der Waals surface area (Å²) in [5, 5.41) is 8.93. The number of nitrogens with zero attached hydrogens (tertiary/aromatic N) is 3. The largest absolute Gasteiger partial charge is 0.305 e. The van der Waals surface area contributed by atoms with E-state index in [-0.39, 0.29) is 11.6 Å². The van der Waals surface area contributed by atoms with Crippen LogP contribution in [0.15, 0.2) is 29.4 Å². The maximum atomic E-state index is 12.9. The fourth-order valence-electron chi connectivity index (χ4n) is 1.58. The Bertz CT molecular complexity index is 580. The van der Waals surface area contributed by atoms with Gasteiger partial charge in [-0.15, -0.1) is 10.2 Å². The maximum absolute atomic E-state index is 12.9. The van der Waals surface area contributed by atoms with Crippen LogP contribution in [0.25, 0.3) is 11.4 Å². The molecule has 0 saturated heterocycles. The monoisotopic (exact) mass is 279 g/mol. The van der Waals surface area contributed by atoms with Crippen molar-refractivity contribution >= 4 is 17.5 Å². The Labute approximate surface area is 115 Å². The second kappa shape index (κ2) is 5.97. The van der Waals surface area contributed by atoms with Crippen LogP contribution in [0, 0.1) is 5.82 Å². The van der Waals surface area contributed by atoms with Gasteiger partial charge in [0, 0.05) is 24.8 Å². The topological polar surface area (TPSA) is 47.8 Å². The Morgan fingerprint density at radius 2 is 2.00 bits per heavy atom. The van der Waals surface area contributed by atoms with Gasteiger partial charge in [0.1, 0.15) is 11.6 Å². The summed E-state index contributed by atoms with van der Waals surface area (Å²) < 4.78 is 14.7. The number of hydrogen-bond donors (Lipinski definition) is 0. The molecule has 0 aliphatic heterocycles. The third-order valence-electron chi connectivity index (χ3n) is 2.62. The van der Waals surface area contributed by atoms with Gasteiger partial charge in [0.05, 0.1) is 0 Å². The van der Waals surface area contributed by atoms with Gasteiger partial charge in [0.25, 0.3) is 0 Å². The van der Waals surface area contributed by atoms with Crippen molar-refractivity contribution in [3.63, 3.8) is 0 Å². The zero-order chi connectivity index (χ0) is 13.8. The molecule has 0 atom stereocenters. The first-order valence-electron chi connectivity index (χ1n) is 5.85. The molecule has 1 aromatic heterocycles. The highest BCUT2D eigenvalue weighted by Gasteiger charge is 2.11. The molecule has 0 saturated carbocycles. The summed E-state index contributed by atoms with van der Waals surface area (Å²) in [5.74, 6) is 1.26. The van der Waals surface area contributed by atoms with Crippen LogP contribution in [0.4, 0.5) is 4.39 Å². The second-order valence-electron chi connectivity index (χ2n) is 4.17. The van der Waals surface area contributed by atoms with Crippen molar-refractivity contribution in [2.75, 3.05) is 5.75 Å². The molecule has 6 heteroatoms. The molecule has 4 nitrogen and oxygen atoms in total. The quantitative estimate of drug-likeness (QED) is 0.790. The van der Waals surface area contributed by atoms with E-state index in [4.69, 9.17) is 0 Å². The van der Waals surface area contributed by atoms with Crippen molar-refractivity contribution in [2.45, 2.75) is 18.5 Å². The molecule has 0 spiro atoms. The van der Waals surface area contributed by atoms with E-state index >= 15 is 0 Å². The molecule has 0 aliphatic carbocycles. The fraction of sp³-hybridized carbons (Fsp3) is 0.308. The molecule has 100 valence electrons. The highest BCUT2D eigenvalue weighted by molar-refractivity contribution is 7.99. The number of carbonyl (C=O) groups excluding carboxylic acids is 1. The number of Topliss-reactive ketones (excluding diaryl/α,β-unsaturated/α-hetero) is 1. The van der Waals surface area contributed by atoms with Gasteiger partial charge in [-0.05, 0) is 31.2 Å². The number of ketones is 1. The lowest BCUT2D eigenvalue weighted by atomic mass is 10.2. The van der Waals surface area contributed by atoms with Gasteiger partial charge >= 0.3 is 0 Å². The lowest BCUT2D eigenvalue weighted by Gasteiger charge is -2.03. The predicted octanol–water partition coefficient (Wildman–Crippen LogP) is 2.69. The standard InChI is InChI=1S/C13H14FN3OS/c1-9(18)7-8-19-13-16-15-12(17(13)2)10-3-5-11(14)6-4-10/h3-6H,7-8H2,1-2H3. The number of benzene rings is 1. The first kappa shape index (κ1) is 13.7. The Morgan fingerprint density at radius 3 is 2.63 bits per heavy atom. The van der Waals surface area contributed by atoms with Gasteiger partial charge in [0.15, 0.2) is 11.0 Å². The highest BCUT2D eigenvalue weighted by atomic mass is 32.2. The Kier molecular flexibility index (Phi) is 4.31. The number of halogens is 1. The number of thioether (sulfide) groups is 1. The van der Waals surface area contributed by atoms with Crippen molar-refractivity contribution < 1.29 is 9.18 Å². The summed E-state index contributed by atoms with van der Waals surface area (Å²) in [7, 11) is 1.86. The highest BCUT2D eigenvalue weighted by Crippen LogP contribution is 2.23. The zero-order valence-corrected chi connectivity index (χ0v) is 11.6. The van der Waals surface area contributed by atoms with Gasteiger partial charge in [-0.2, -0.15) is 0 Å². The van der Waals surface area contributed by atoms with E-state index in [9.17, 15) is 9.18 Å². The van der Waals surface area contributed by atoms with Gasteiger partial charge < -0.3 is 4.57 Å². The van der Waals surface area contributed by atoms with Gasteiger partial charge in [0.2, 0.25) is 0 Å². The normalized spacial score (nSPS) is 10.7. The Morgan fingerprint density at radius 1 is 1.32 bits per heavy atom. The average molecular weight is 279 g/mol. The van der Waals surface area contributed by atoms with Gasteiger partial charge in [-0.1, -0.05) is 11.8 Å². The molecule has 1 heterocycles. The number of aromatic nitrogens is 3. The average Bonchev–Trinajstić information content (AvgIpc) is 2.72. The maximum Gasteiger partial charge on any atom is 0.191 e. The van der Waals surface area contributed by atoms with Crippen LogP contribution < -0.4 is 0 Å². The van der Waals surface area contributed by atoms with E-state index in [0.717, 1.165) is 10.7 Å². The van der Waals surface area contributed by atoms with Gasteiger partial charge in [-0.25, -0.2) is 4.39 Å². The van der Waals surface area contributed by atoms with E-state index in [2.05, 4.69) is 10.2 Å². The summed E-state index contributed by atoms with van der Waals surface area (Å²) in [5.41, 5.74) is 0.815. The second-order valence-corrected chi connectivity index (χ2v) is 5.23. The van der Waals surface area contributed by atoms with Crippen LogP contribution in [-0.4, -0.2) is 26.3 Å². The molecule has 0 amide bonds. The van der Waals surface area contributed by atoms with E-state index in [1.165, 1.54) is 23.9 Å². The molecular weight excluding hydrogens is 265 g/mol. The Hall–Kier alpha value is -1.69. The van der Waals surface area contributed by atoms with Crippen molar-refractivity contribution in [1.29, 1.82) is 0 Å². The van der Waals surface area contributed by atoms with E-state index in [1.54, 1.807) is 19.1 Å². The number of hydrogen-bond acceptors (Lipinski definition) is 4. The van der Waals surface area contributed by atoms with E-state index < -0.39 is 0 Å². The van der Waals surface area contributed by atoms with Crippen LogP contribution in [-0.2, 0) is 11.8 Å². The van der Waals surface area contributed by atoms with E-state index in [1.807, 2.05) is 11.6 Å². The van der Waals surface area contributed by atoms with Crippen molar-refractivity contribution in [3.8, 4) is 11.4 Å². The smallest absolute Gasteiger partial charge is 0.191 e. The number of carbonyl (C=O) groups is 1. The molecule has 0 bridgehead atoms. The molecule has 19 heavy (non-hydrogen) atoms. The first-order chi connectivity index (χ1) is 9.08. The molecular formula is C13H14FN3OS. The summed E-state index contributed by atoms with van der Waals surface area (Å²) in [6, 6.07) is 6.13. The zero-order valence-electron chi connectivity index (χ0n) is 10.8. The third kappa shape index (κ3) is 3.41. The van der Waals surface area contributed by atoms with Crippen molar-refractivity contribution in [3.05, 3.63) is 30.1 Å². The number of rotatable bonds is 5. The lowest BCUT2D eigenvalue weighted by molar-refractivity contribution is -0.116. The van der Waals surface area contributed by atoms with Crippen LogP contribution >= 0.6 is 11.8 Å². The minimum absolute atomic E-state index is 0.161. The van der Waals surface area contributed by atoms with Gasteiger partial charge in [-0.3, -0.25) is 4.79 Å². The van der Waals surface area contributed by atoms with Crippen LogP contribution in [0.2, 0.25) is 0 Å². The molecule has 0 fully saturated rings. The van der Waals surface area contributed by atoms with Crippen LogP contribution in [0.5, 0.6) is 0 Å². The van der Waals surface area contributed by atoms with Crippen molar-refractivity contribution in [2.24, 2.45) is 7.05 Å². The molecule has 0 aliphatic rings. The molecule has 0 radical (unpaired) electrons. The fourth-order valence-corrected chi connectivity index (χ4v) is 2.53. The van der Waals surface area contributed by atoms with E-state index in [0.29, 0.717) is 18.0 Å². The summed E-state index contributed by atoms with van der Waals surface area (Å²) in [6.07, 6.45) is 0.517. The molecule has 0 N–H and O–H groups in total. The van der Waals surface area contributed by atoms with Crippen LogP contribution in [0.3, 0.4) is 0 Å². The lowest BCUT2D eigenvalue weighted by Crippen LogP contribution is -1.97. The first-order valence-corrected chi connectivity index (χ1v) is 6.84. The van der Waals surface area contributed by atoms with Crippen molar-refractivity contribution in [1.82, 2.24) is 14.8 Å². The summed E-state index contributed by atoms with van der Waals surface area (Å²) in [6.45, 7) is 1.57. The SMILES string of the molecule is CC(=O)CCSc1nnc(-c2ccc(F)cc2)n1C. The summed E-state index contributed by atoms with van der Waals surface area (Å²) in [4.78, 5) is 10.9. The Balaban J connectivity index is 2.13. The third-order valence-corrected chi connectivity index (χ3v) is 3.64. The molecule has 1 aromatic carbocycles. The molecule has 2 rings (SSSR count). The molecule has 0 unspecified atom stereocenters.